The monoisotopic (exact) mass is 304 g/mol. The summed E-state index contributed by atoms with van der Waals surface area (Å²) >= 11 is 0. The average Bonchev–Trinajstić information content (AvgIpc) is 2.55. The number of aliphatic hydroxyl groups excluding tert-OH is 1. The highest BCUT2D eigenvalue weighted by molar-refractivity contribution is 5.96. The number of amides is 1. The standard InChI is InChI=1S/C18H28N2O2/c1-4-19(5-2)12-11-17(21)15-7-9-16-14(13-15)8-10-18(22)20(16)6-3/h7,9,13,17,21H,4-6,8,10-12H2,1-3H3. The fourth-order valence-electron chi connectivity index (χ4n) is 3.15. The van der Waals surface area contributed by atoms with Crippen molar-refractivity contribution in [2.24, 2.45) is 0 Å². The van der Waals surface area contributed by atoms with E-state index in [4.69, 9.17) is 0 Å². The van der Waals surface area contributed by atoms with Gasteiger partial charge in [-0.05, 0) is 50.0 Å². The van der Waals surface area contributed by atoms with Crippen LogP contribution in [-0.4, -0.2) is 42.1 Å². The zero-order valence-corrected chi connectivity index (χ0v) is 14.0. The summed E-state index contributed by atoms with van der Waals surface area (Å²) in [7, 11) is 0. The molecule has 0 fully saturated rings. The summed E-state index contributed by atoms with van der Waals surface area (Å²) in [5.74, 6) is 0.199. The van der Waals surface area contributed by atoms with Crippen LogP contribution >= 0.6 is 0 Å². The fraction of sp³-hybridized carbons (Fsp3) is 0.611. The largest absolute Gasteiger partial charge is 0.388 e. The highest BCUT2D eigenvalue weighted by Gasteiger charge is 2.23. The lowest BCUT2D eigenvalue weighted by Crippen LogP contribution is -2.34. The van der Waals surface area contributed by atoms with Crippen LogP contribution in [0.5, 0.6) is 0 Å². The molecule has 0 aliphatic carbocycles. The van der Waals surface area contributed by atoms with Crippen molar-refractivity contribution in [3.63, 3.8) is 0 Å². The first-order chi connectivity index (χ1) is 10.6. The molecule has 4 heteroatoms. The molecule has 122 valence electrons. The van der Waals surface area contributed by atoms with Gasteiger partial charge in [0, 0.05) is 25.2 Å². The summed E-state index contributed by atoms with van der Waals surface area (Å²) < 4.78 is 0. The third-order valence-electron chi connectivity index (χ3n) is 4.62. The summed E-state index contributed by atoms with van der Waals surface area (Å²) in [6.07, 6.45) is 1.66. The van der Waals surface area contributed by atoms with E-state index in [1.807, 2.05) is 24.0 Å². The van der Waals surface area contributed by atoms with Gasteiger partial charge in [0.2, 0.25) is 5.91 Å². The van der Waals surface area contributed by atoms with E-state index < -0.39 is 6.10 Å². The second-order valence-electron chi connectivity index (χ2n) is 5.86. The zero-order valence-electron chi connectivity index (χ0n) is 14.0. The van der Waals surface area contributed by atoms with Crippen molar-refractivity contribution in [2.45, 2.75) is 46.1 Å². The van der Waals surface area contributed by atoms with Gasteiger partial charge in [0.1, 0.15) is 0 Å². The minimum atomic E-state index is -0.432. The van der Waals surface area contributed by atoms with Crippen LogP contribution in [-0.2, 0) is 11.2 Å². The molecule has 0 aromatic heterocycles. The Labute approximate surface area is 133 Å². The van der Waals surface area contributed by atoms with Gasteiger partial charge in [0.05, 0.1) is 6.10 Å². The Bertz CT molecular complexity index is 512. The van der Waals surface area contributed by atoms with Gasteiger partial charge in [0.25, 0.3) is 0 Å². The van der Waals surface area contributed by atoms with Crippen LogP contribution in [0.3, 0.4) is 0 Å². The number of hydrogen-bond acceptors (Lipinski definition) is 3. The van der Waals surface area contributed by atoms with Crippen LogP contribution in [0.1, 0.15) is 50.8 Å². The highest BCUT2D eigenvalue weighted by Crippen LogP contribution is 2.31. The van der Waals surface area contributed by atoms with Gasteiger partial charge in [-0.15, -0.1) is 0 Å². The van der Waals surface area contributed by atoms with Crippen molar-refractivity contribution in [3.8, 4) is 0 Å². The van der Waals surface area contributed by atoms with Gasteiger partial charge < -0.3 is 14.9 Å². The molecule has 1 aliphatic heterocycles. The Morgan fingerprint density at radius 3 is 2.59 bits per heavy atom. The Hall–Kier alpha value is -1.39. The van der Waals surface area contributed by atoms with E-state index in [9.17, 15) is 9.90 Å². The van der Waals surface area contributed by atoms with Crippen LogP contribution in [0, 0.1) is 0 Å². The molecule has 1 amide bonds. The number of aryl methyl sites for hydroxylation is 1. The van der Waals surface area contributed by atoms with E-state index in [-0.39, 0.29) is 5.91 Å². The molecule has 1 unspecified atom stereocenters. The number of fused-ring (bicyclic) bond motifs is 1. The lowest BCUT2D eigenvalue weighted by molar-refractivity contribution is -0.118. The molecule has 0 saturated heterocycles. The van der Waals surface area contributed by atoms with Crippen molar-refractivity contribution >= 4 is 11.6 Å². The van der Waals surface area contributed by atoms with Crippen molar-refractivity contribution in [1.82, 2.24) is 4.90 Å². The second-order valence-corrected chi connectivity index (χ2v) is 5.86. The van der Waals surface area contributed by atoms with E-state index in [0.29, 0.717) is 13.0 Å². The molecule has 1 aromatic carbocycles. The molecule has 0 saturated carbocycles. The number of benzene rings is 1. The zero-order chi connectivity index (χ0) is 16.1. The van der Waals surface area contributed by atoms with E-state index in [2.05, 4.69) is 24.8 Å². The molecule has 0 spiro atoms. The van der Waals surface area contributed by atoms with Crippen LogP contribution in [0.25, 0.3) is 0 Å². The lowest BCUT2D eigenvalue weighted by atomic mass is 9.96. The normalized spacial score (nSPS) is 16.0. The van der Waals surface area contributed by atoms with E-state index in [1.165, 1.54) is 5.56 Å². The third-order valence-corrected chi connectivity index (χ3v) is 4.62. The number of rotatable bonds is 7. The highest BCUT2D eigenvalue weighted by atomic mass is 16.3. The molecule has 1 atom stereocenters. The molecule has 1 aromatic rings. The lowest BCUT2D eigenvalue weighted by Gasteiger charge is -2.29. The number of carbonyl (C=O) groups is 1. The van der Waals surface area contributed by atoms with Crippen LogP contribution in [0.2, 0.25) is 0 Å². The first kappa shape index (κ1) is 17.0. The summed E-state index contributed by atoms with van der Waals surface area (Å²) in [4.78, 5) is 16.1. The topological polar surface area (TPSA) is 43.8 Å². The Balaban J connectivity index is 2.09. The summed E-state index contributed by atoms with van der Waals surface area (Å²) in [6, 6.07) is 6.04. The van der Waals surface area contributed by atoms with E-state index in [1.54, 1.807) is 0 Å². The number of aliphatic hydroxyl groups is 1. The first-order valence-corrected chi connectivity index (χ1v) is 8.44. The van der Waals surface area contributed by atoms with Gasteiger partial charge in [-0.3, -0.25) is 4.79 Å². The van der Waals surface area contributed by atoms with Crippen molar-refractivity contribution in [1.29, 1.82) is 0 Å². The molecule has 2 rings (SSSR count). The predicted molar refractivity (Wildman–Crippen MR) is 90.2 cm³/mol. The first-order valence-electron chi connectivity index (χ1n) is 8.44. The Morgan fingerprint density at radius 2 is 1.95 bits per heavy atom. The van der Waals surface area contributed by atoms with Crippen LogP contribution in [0.15, 0.2) is 18.2 Å². The molecule has 0 bridgehead atoms. The third kappa shape index (κ3) is 3.68. The molecule has 22 heavy (non-hydrogen) atoms. The van der Waals surface area contributed by atoms with Gasteiger partial charge >= 0.3 is 0 Å². The van der Waals surface area contributed by atoms with E-state index >= 15 is 0 Å². The molecule has 1 heterocycles. The van der Waals surface area contributed by atoms with Crippen LogP contribution < -0.4 is 4.90 Å². The van der Waals surface area contributed by atoms with Crippen molar-refractivity contribution in [3.05, 3.63) is 29.3 Å². The van der Waals surface area contributed by atoms with Gasteiger partial charge in [0.15, 0.2) is 0 Å². The van der Waals surface area contributed by atoms with Gasteiger partial charge in [-0.2, -0.15) is 0 Å². The fourth-order valence-corrected chi connectivity index (χ4v) is 3.15. The molecule has 1 N–H and O–H groups in total. The molecular weight excluding hydrogens is 276 g/mol. The Morgan fingerprint density at radius 1 is 1.23 bits per heavy atom. The van der Waals surface area contributed by atoms with Gasteiger partial charge in [-0.1, -0.05) is 26.0 Å². The SMILES string of the molecule is CCN(CC)CCC(O)c1ccc2c(c1)CCC(=O)N2CC. The number of hydrogen-bond donors (Lipinski definition) is 1. The molecule has 4 nitrogen and oxygen atoms in total. The molecule has 0 radical (unpaired) electrons. The minimum Gasteiger partial charge on any atom is -0.388 e. The van der Waals surface area contributed by atoms with E-state index in [0.717, 1.165) is 43.7 Å². The summed E-state index contributed by atoms with van der Waals surface area (Å²) in [5.41, 5.74) is 3.16. The molecule has 1 aliphatic rings. The quantitative estimate of drug-likeness (QED) is 0.842. The minimum absolute atomic E-state index is 0.199. The number of nitrogens with zero attached hydrogens (tertiary/aromatic N) is 2. The smallest absolute Gasteiger partial charge is 0.227 e. The average molecular weight is 304 g/mol. The summed E-state index contributed by atoms with van der Waals surface area (Å²) in [6.45, 7) is 9.93. The van der Waals surface area contributed by atoms with Crippen molar-refractivity contribution in [2.75, 3.05) is 31.1 Å². The maximum Gasteiger partial charge on any atom is 0.227 e. The maximum atomic E-state index is 11.9. The van der Waals surface area contributed by atoms with Crippen molar-refractivity contribution < 1.29 is 9.90 Å². The molecular formula is C18H28N2O2. The van der Waals surface area contributed by atoms with Gasteiger partial charge in [-0.25, -0.2) is 0 Å². The number of carbonyl (C=O) groups excluding carboxylic acids is 1. The Kier molecular flexibility index (Phi) is 5.98. The predicted octanol–water partition coefficient (Wildman–Crippen LogP) is 2.75. The summed E-state index contributed by atoms with van der Waals surface area (Å²) in [5, 5.41) is 10.4. The maximum absolute atomic E-state index is 11.9. The van der Waals surface area contributed by atoms with Crippen LogP contribution in [0.4, 0.5) is 5.69 Å². The second kappa shape index (κ2) is 7.75. The number of anilines is 1.